The zero-order valence-corrected chi connectivity index (χ0v) is 11.1. The molecule has 1 rings (SSSR count). The maximum atomic E-state index is 6.16. The van der Waals surface area contributed by atoms with Crippen LogP contribution in [0.5, 0.6) is 11.5 Å². The molecule has 2 N–H and O–H groups in total. The van der Waals surface area contributed by atoms with Crippen LogP contribution >= 0.6 is 0 Å². The van der Waals surface area contributed by atoms with Gasteiger partial charge in [0.1, 0.15) is 11.5 Å². The second-order valence-corrected chi connectivity index (χ2v) is 4.31. The van der Waals surface area contributed by atoms with Crippen molar-refractivity contribution in [1.82, 2.24) is 4.90 Å². The van der Waals surface area contributed by atoms with Crippen molar-refractivity contribution in [3.63, 3.8) is 0 Å². The number of benzene rings is 1. The van der Waals surface area contributed by atoms with Gasteiger partial charge in [-0.2, -0.15) is 0 Å². The lowest BCUT2D eigenvalue weighted by Gasteiger charge is -2.18. The highest BCUT2D eigenvalue weighted by Crippen LogP contribution is 2.29. The molecule has 1 aromatic rings. The summed E-state index contributed by atoms with van der Waals surface area (Å²) in [5.41, 5.74) is 7.19. The molecule has 1 aromatic carbocycles. The van der Waals surface area contributed by atoms with Crippen molar-refractivity contribution in [3.8, 4) is 11.5 Å². The van der Waals surface area contributed by atoms with Gasteiger partial charge >= 0.3 is 0 Å². The predicted molar refractivity (Wildman–Crippen MR) is 69.6 cm³/mol. The fourth-order valence-electron chi connectivity index (χ4n) is 1.68. The first kappa shape index (κ1) is 13.8. The van der Waals surface area contributed by atoms with E-state index in [1.807, 2.05) is 32.3 Å². The van der Waals surface area contributed by atoms with Gasteiger partial charge in [-0.3, -0.25) is 0 Å². The molecule has 4 heteroatoms. The van der Waals surface area contributed by atoms with Gasteiger partial charge in [-0.05, 0) is 33.1 Å². The SMILES string of the molecule is COc1ccc(C(N)CCN(C)C)c(OC)c1. The lowest BCUT2D eigenvalue weighted by molar-refractivity contribution is 0.368. The average Bonchev–Trinajstić information content (AvgIpc) is 2.34. The number of rotatable bonds is 6. The molecule has 0 aliphatic carbocycles. The van der Waals surface area contributed by atoms with E-state index in [0.29, 0.717) is 0 Å². The molecule has 0 radical (unpaired) electrons. The van der Waals surface area contributed by atoms with Crippen LogP contribution in [0.3, 0.4) is 0 Å². The fourth-order valence-corrected chi connectivity index (χ4v) is 1.68. The molecule has 0 spiro atoms. The average molecular weight is 238 g/mol. The Balaban J connectivity index is 2.81. The van der Waals surface area contributed by atoms with E-state index in [4.69, 9.17) is 15.2 Å². The first-order chi connectivity index (χ1) is 8.08. The van der Waals surface area contributed by atoms with Crippen molar-refractivity contribution in [3.05, 3.63) is 23.8 Å². The van der Waals surface area contributed by atoms with Crippen LogP contribution < -0.4 is 15.2 Å². The van der Waals surface area contributed by atoms with Gasteiger partial charge in [0.15, 0.2) is 0 Å². The van der Waals surface area contributed by atoms with Gasteiger partial charge in [0.25, 0.3) is 0 Å². The molecule has 1 atom stereocenters. The summed E-state index contributed by atoms with van der Waals surface area (Å²) in [5.74, 6) is 1.57. The summed E-state index contributed by atoms with van der Waals surface area (Å²) in [6.45, 7) is 0.955. The van der Waals surface area contributed by atoms with Crippen LogP contribution in [-0.4, -0.2) is 39.8 Å². The van der Waals surface area contributed by atoms with Gasteiger partial charge in [-0.25, -0.2) is 0 Å². The summed E-state index contributed by atoms with van der Waals surface area (Å²) in [6, 6.07) is 5.73. The lowest BCUT2D eigenvalue weighted by atomic mass is 10.0. The van der Waals surface area contributed by atoms with Crippen LogP contribution in [-0.2, 0) is 0 Å². The quantitative estimate of drug-likeness (QED) is 0.818. The molecule has 0 aliphatic heterocycles. The molecule has 0 fully saturated rings. The summed E-state index contributed by atoms with van der Waals surface area (Å²) >= 11 is 0. The van der Waals surface area contributed by atoms with Crippen molar-refractivity contribution in [2.45, 2.75) is 12.5 Å². The van der Waals surface area contributed by atoms with Gasteiger partial charge in [-0.15, -0.1) is 0 Å². The van der Waals surface area contributed by atoms with Crippen molar-refractivity contribution in [1.29, 1.82) is 0 Å². The number of methoxy groups -OCH3 is 2. The number of nitrogens with two attached hydrogens (primary N) is 1. The van der Waals surface area contributed by atoms with E-state index in [1.54, 1.807) is 14.2 Å². The summed E-state index contributed by atoms with van der Waals surface area (Å²) < 4.78 is 10.5. The molecule has 1 unspecified atom stereocenters. The van der Waals surface area contributed by atoms with Crippen LogP contribution in [0.2, 0.25) is 0 Å². The van der Waals surface area contributed by atoms with E-state index in [0.717, 1.165) is 30.0 Å². The van der Waals surface area contributed by atoms with E-state index < -0.39 is 0 Å². The Morgan fingerprint density at radius 1 is 1.24 bits per heavy atom. The van der Waals surface area contributed by atoms with Gasteiger partial charge in [-0.1, -0.05) is 6.07 Å². The van der Waals surface area contributed by atoms with Gasteiger partial charge in [0, 0.05) is 17.7 Å². The van der Waals surface area contributed by atoms with Crippen LogP contribution in [0.1, 0.15) is 18.0 Å². The van der Waals surface area contributed by atoms with Crippen LogP contribution in [0.25, 0.3) is 0 Å². The van der Waals surface area contributed by atoms with E-state index in [1.165, 1.54) is 0 Å². The third-order valence-electron chi connectivity index (χ3n) is 2.73. The standard InChI is InChI=1S/C13H22N2O2/c1-15(2)8-7-12(14)11-6-5-10(16-3)9-13(11)17-4/h5-6,9,12H,7-8,14H2,1-4H3. The fraction of sp³-hybridized carbons (Fsp3) is 0.538. The molecule has 0 saturated carbocycles. The highest BCUT2D eigenvalue weighted by atomic mass is 16.5. The minimum atomic E-state index is -0.0155. The Morgan fingerprint density at radius 3 is 2.47 bits per heavy atom. The van der Waals surface area contributed by atoms with Crippen molar-refractivity contribution in [2.24, 2.45) is 5.73 Å². The minimum Gasteiger partial charge on any atom is -0.497 e. The monoisotopic (exact) mass is 238 g/mol. The summed E-state index contributed by atoms with van der Waals surface area (Å²) in [4.78, 5) is 2.12. The Labute approximate surface area is 103 Å². The summed E-state index contributed by atoms with van der Waals surface area (Å²) in [5, 5.41) is 0. The zero-order valence-electron chi connectivity index (χ0n) is 11.1. The van der Waals surface area contributed by atoms with Crippen LogP contribution in [0, 0.1) is 0 Å². The largest absolute Gasteiger partial charge is 0.497 e. The predicted octanol–water partition coefficient (Wildman–Crippen LogP) is 1.66. The second kappa shape index (κ2) is 6.47. The molecule has 0 saturated heterocycles. The third-order valence-corrected chi connectivity index (χ3v) is 2.73. The van der Waals surface area contributed by atoms with Gasteiger partial charge in [0.05, 0.1) is 14.2 Å². The molecule has 4 nitrogen and oxygen atoms in total. The third kappa shape index (κ3) is 3.91. The smallest absolute Gasteiger partial charge is 0.127 e. The number of hydrogen-bond acceptors (Lipinski definition) is 4. The van der Waals surface area contributed by atoms with Crippen LogP contribution in [0.15, 0.2) is 18.2 Å². The summed E-state index contributed by atoms with van der Waals surface area (Å²) in [6.07, 6.45) is 0.899. The highest BCUT2D eigenvalue weighted by Gasteiger charge is 2.12. The molecule has 96 valence electrons. The number of nitrogens with zero attached hydrogens (tertiary/aromatic N) is 1. The lowest BCUT2D eigenvalue weighted by Crippen LogP contribution is -2.20. The first-order valence-electron chi connectivity index (χ1n) is 5.70. The van der Waals surface area contributed by atoms with E-state index in [2.05, 4.69) is 4.90 Å². The normalized spacial score (nSPS) is 12.6. The van der Waals surface area contributed by atoms with E-state index in [-0.39, 0.29) is 6.04 Å². The highest BCUT2D eigenvalue weighted by molar-refractivity contribution is 5.42. The molecule has 0 aliphatic rings. The van der Waals surface area contributed by atoms with Crippen molar-refractivity contribution >= 4 is 0 Å². The molecule has 0 aromatic heterocycles. The molecule has 0 bridgehead atoms. The molecule has 17 heavy (non-hydrogen) atoms. The van der Waals surface area contributed by atoms with Crippen molar-refractivity contribution < 1.29 is 9.47 Å². The Bertz CT molecular complexity index is 353. The Morgan fingerprint density at radius 2 is 1.94 bits per heavy atom. The van der Waals surface area contributed by atoms with Crippen LogP contribution in [0.4, 0.5) is 0 Å². The zero-order chi connectivity index (χ0) is 12.8. The Hall–Kier alpha value is -1.26. The maximum Gasteiger partial charge on any atom is 0.127 e. The second-order valence-electron chi connectivity index (χ2n) is 4.31. The summed E-state index contributed by atoms with van der Waals surface area (Å²) in [7, 11) is 7.37. The van der Waals surface area contributed by atoms with Gasteiger partial charge in [0.2, 0.25) is 0 Å². The minimum absolute atomic E-state index is 0.0155. The molecule has 0 amide bonds. The molecular formula is C13H22N2O2. The van der Waals surface area contributed by atoms with E-state index >= 15 is 0 Å². The molecular weight excluding hydrogens is 216 g/mol. The molecule has 0 heterocycles. The van der Waals surface area contributed by atoms with Crippen molar-refractivity contribution in [2.75, 3.05) is 34.9 Å². The van der Waals surface area contributed by atoms with Gasteiger partial charge < -0.3 is 20.1 Å². The number of ether oxygens (including phenoxy) is 2. The Kier molecular flexibility index (Phi) is 5.25. The first-order valence-corrected chi connectivity index (χ1v) is 5.70. The maximum absolute atomic E-state index is 6.16. The topological polar surface area (TPSA) is 47.7 Å². The van der Waals surface area contributed by atoms with E-state index in [9.17, 15) is 0 Å². The number of hydrogen-bond donors (Lipinski definition) is 1.